The summed E-state index contributed by atoms with van der Waals surface area (Å²) in [5.41, 5.74) is 5.31. The van der Waals surface area contributed by atoms with Crippen LogP contribution in [0.4, 0.5) is 0 Å². The lowest BCUT2D eigenvalue weighted by Gasteiger charge is -2.43. The van der Waals surface area contributed by atoms with E-state index in [2.05, 4.69) is 0 Å². The van der Waals surface area contributed by atoms with Crippen molar-refractivity contribution >= 4 is 23.2 Å². The number of hydrogen-bond donors (Lipinski definition) is 4. The van der Waals surface area contributed by atoms with Crippen LogP contribution in [0, 0.1) is 17.8 Å². The Bertz CT molecular complexity index is 990. The van der Waals surface area contributed by atoms with E-state index in [-0.39, 0.29) is 35.5 Å². The second-order valence-corrected chi connectivity index (χ2v) is 7.36. The van der Waals surface area contributed by atoms with Gasteiger partial charge >= 0.3 is 0 Å². The van der Waals surface area contributed by atoms with Crippen molar-refractivity contribution < 1.29 is 34.4 Å². The average molecular weight is 385 g/mol. The number of aliphatic hydroxyl groups is 2. The van der Waals surface area contributed by atoms with Crippen LogP contribution in [-0.2, 0) is 19.1 Å². The molecular weight excluding hydrogens is 366 g/mol. The van der Waals surface area contributed by atoms with Gasteiger partial charge in [-0.1, -0.05) is 12.1 Å². The number of carbonyl (C=O) groups is 3. The van der Waals surface area contributed by atoms with Gasteiger partial charge in [-0.25, -0.2) is 0 Å². The van der Waals surface area contributed by atoms with Gasteiger partial charge in [-0.05, 0) is 24.0 Å². The lowest BCUT2D eigenvalue weighted by molar-refractivity contribution is -0.129. The van der Waals surface area contributed by atoms with E-state index in [0.717, 1.165) is 0 Å². The zero-order chi connectivity index (χ0) is 20.3. The van der Waals surface area contributed by atoms with Gasteiger partial charge in [0.25, 0.3) is 5.91 Å². The first-order chi connectivity index (χ1) is 13.3. The molecule has 5 N–H and O–H groups in total. The second kappa shape index (κ2) is 6.20. The van der Waals surface area contributed by atoms with Crippen LogP contribution in [0.3, 0.4) is 0 Å². The summed E-state index contributed by atoms with van der Waals surface area (Å²) >= 11 is 0. The first kappa shape index (κ1) is 18.2. The topological polar surface area (TPSA) is 147 Å². The van der Waals surface area contributed by atoms with E-state index < -0.39 is 52.7 Å². The number of benzene rings is 1. The highest BCUT2D eigenvalue weighted by Gasteiger charge is 2.53. The average Bonchev–Trinajstić information content (AvgIpc) is 2.61. The first-order valence-electron chi connectivity index (χ1n) is 8.86. The molecule has 3 unspecified atom stereocenters. The van der Waals surface area contributed by atoms with Gasteiger partial charge in [0, 0.05) is 25.0 Å². The number of aromatic hydroxyl groups is 1. The molecule has 8 heteroatoms. The van der Waals surface area contributed by atoms with Gasteiger partial charge in [0.05, 0.1) is 17.6 Å². The Morgan fingerprint density at radius 1 is 1.21 bits per heavy atom. The van der Waals surface area contributed by atoms with E-state index in [1.807, 2.05) is 0 Å². The van der Waals surface area contributed by atoms with Crippen LogP contribution in [0.15, 0.2) is 35.1 Å². The fourth-order valence-corrected chi connectivity index (χ4v) is 4.86. The van der Waals surface area contributed by atoms with Gasteiger partial charge in [-0.3, -0.25) is 14.4 Å². The molecule has 1 amide bonds. The molecule has 8 nitrogen and oxygen atoms in total. The number of ether oxygens (including phenoxy) is 1. The number of amides is 1. The molecule has 4 atom stereocenters. The van der Waals surface area contributed by atoms with Crippen LogP contribution in [0.1, 0.15) is 30.1 Å². The maximum atomic E-state index is 13.3. The van der Waals surface area contributed by atoms with Crippen molar-refractivity contribution in [3.63, 3.8) is 0 Å². The van der Waals surface area contributed by atoms with Gasteiger partial charge < -0.3 is 25.8 Å². The molecule has 146 valence electrons. The molecule has 0 radical (unpaired) electrons. The summed E-state index contributed by atoms with van der Waals surface area (Å²) in [5, 5.41) is 31.5. The van der Waals surface area contributed by atoms with Crippen LogP contribution in [0.5, 0.6) is 5.75 Å². The molecule has 0 aromatic heterocycles. The number of phenolic OH excluding ortho intramolecular Hbond substituents is 1. The van der Waals surface area contributed by atoms with E-state index in [9.17, 15) is 29.7 Å². The van der Waals surface area contributed by atoms with E-state index in [0.29, 0.717) is 5.56 Å². The van der Waals surface area contributed by atoms with E-state index in [1.165, 1.54) is 13.2 Å². The zero-order valence-electron chi connectivity index (χ0n) is 15.0. The number of nitrogens with two attached hydrogens (primary N) is 1. The van der Waals surface area contributed by atoms with E-state index >= 15 is 0 Å². The number of rotatable bonds is 2. The third-order valence-corrected chi connectivity index (χ3v) is 5.96. The molecular formula is C20H19NO7. The van der Waals surface area contributed by atoms with Crippen molar-refractivity contribution in [1.29, 1.82) is 0 Å². The highest BCUT2D eigenvalue weighted by molar-refractivity contribution is 6.21. The fourth-order valence-electron chi connectivity index (χ4n) is 4.86. The predicted octanol–water partition coefficient (Wildman–Crippen LogP) is 1.45. The third-order valence-electron chi connectivity index (χ3n) is 5.96. The van der Waals surface area contributed by atoms with E-state index in [1.54, 1.807) is 12.1 Å². The van der Waals surface area contributed by atoms with Crippen molar-refractivity contribution in [1.82, 2.24) is 0 Å². The number of aliphatic hydroxyl groups excluding tert-OH is 2. The Morgan fingerprint density at radius 2 is 1.93 bits per heavy atom. The summed E-state index contributed by atoms with van der Waals surface area (Å²) in [7, 11) is 1.46. The van der Waals surface area contributed by atoms with Gasteiger partial charge in [0.2, 0.25) is 0 Å². The summed E-state index contributed by atoms with van der Waals surface area (Å²) in [4.78, 5) is 37.1. The van der Waals surface area contributed by atoms with E-state index in [4.69, 9.17) is 10.5 Å². The quantitative estimate of drug-likeness (QED) is 0.563. The van der Waals surface area contributed by atoms with Crippen molar-refractivity contribution in [3.05, 3.63) is 46.2 Å². The largest absolute Gasteiger partial charge is 0.511 e. The Morgan fingerprint density at radius 3 is 2.57 bits per heavy atom. The summed E-state index contributed by atoms with van der Waals surface area (Å²) in [6.45, 7) is 0. The van der Waals surface area contributed by atoms with Crippen LogP contribution < -0.4 is 5.73 Å². The Labute approximate surface area is 159 Å². The standard InChI is InChI=1S/C20H19NO7/c1-28-19-8-3-2-4-10(22)13(8)18(26)14-9(19)5-7-6-11(23)15(20(21)27)17(25)12(7)16(14)24/h2-4,7,9,12,19,22,25-26H,5-6H2,1H3,(H2,21,27)/t7?,9?,12?,19-/m1/s1. The number of hydrogen-bond acceptors (Lipinski definition) is 7. The van der Waals surface area contributed by atoms with Gasteiger partial charge in [-0.15, -0.1) is 0 Å². The molecule has 3 aliphatic rings. The molecule has 1 fully saturated rings. The van der Waals surface area contributed by atoms with Crippen molar-refractivity contribution in [2.75, 3.05) is 7.11 Å². The zero-order valence-corrected chi connectivity index (χ0v) is 15.0. The normalized spacial score (nSPS) is 29.3. The van der Waals surface area contributed by atoms with Crippen LogP contribution in [-0.4, -0.2) is 39.9 Å². The highest BCUT2D eigenvalue weighted by Crippen LogP contribution is 2.54. The van der Waals surface area contributed by atoms with Gasteiger partial charge in [-0.2, -0.15) is 0 Å². The Kier molecular flexibility index (Phi) is 4.04. The smallest absolute Gasteiger partial charge is 0.255 e. The Hall–Kier alpha value is -3.13. The summed E-state index contributed by atoms with van der Waals surface area (Å²) < 4.78 is 5.59. The lowest BCUT2D eigenvalue weighted by atomic mass is 9.61. The molecule has 1 saturated carbocycles. The molecule has 0 saturated heterocycles. The SMILES string of the molecule is CO[C@@H]1c2cccc(O)c2C(O)=C2C(=O)C3C(O)=C(C(N)=O)C(=O)CC3CC21. The molecule has 1 aromatic carbocycles. The third kappa shape index (κ3) is 2.31. The Balaban J connectivity index is 1.92. The fraction of sp³-hybridized carbons (Fsp3) is 0.350. The number of ketones is 2. The number of Topliss-reactive ketones (excluding diaryl/α,β-unsaturated/α-hetero) is 2. The number of phenols is 1. The molecule has 1 aromatic rings. The maximum Gasteiger partial charge on any atom is 0.255 e. The second-order valence-electron chi connectivity index (χ2n) is 7.36. The van der Waals surface area contributed by atoms with Crippen LogP contribution in [0.2, 0.25) is 0 Å². The molecule has 28 heavy (non-hydrogen) atoms. The van der Waals surface area contributed by atoms with Gasteiger partial charge in [0.1, 0.15) is 22.8 Å². The monoisotopic (exact) mass is 385 g/mol. The van der Waals surface area contributed by atoms with Gasteiger partial charge in [0.15, 0.2) is 11.6 Å². The minimum atomic E-state index is -1.14. The minimum absolute atomic E-state index is 0.0202. The van der Waals surface area contributed by atoms with Crippen molar-refractivity contribution in [2.45, 2.75) is 18.9 Å². The van der Waals surface area contributed by atoms with Crippen LogP contribution >= 0.6 is 0 Å². The highest BCUT2D eigenvalue weighted by atomic mass is 16.5. The van der Waals surface area contributed by atoms with Crippen molar-refractivity contribution in [2.24, 2.45) is 23.5 Å². The lowest BCUT2D eigenvalue weighted by Crippen LogP contribution is -2.45. The number of methoxy groups -OCH3 is 1. The molecule has 0 spiro atoms. The number of allylic oxidation sites excluding steroid dienone is 1. The summed E-state index contributed by atoms with van der Waals surface area (Å²) in [6.07, 6.45) is -0.436. The summed E-state index contributed by atoms with van der Waals surface area (Å²) in [6, 6.07) is 4.70. The van der Waals surface area contributed by atoms with Crippen molar-refractivity contribution in [3.8, 4) is 5.75 Å². The minimum Gasteiger partial charge on any atom is -0.511 e. The molecule has 3 aliphatic carbocycles. The summed E-state index contributed by atoms with van der Waals surface area (Å²) in [5.74, 6) is -5.74. The first-order valence-corrected chi connectivity index (χ1v) is 8.86. The predicted molar refractivity (Wildman–Crippen MR) is 96.0 cm³/mol. The number of primary amides is 1. The molecule has 0 heterocycles. The number of carbonyl (C=O) groups excluding carboxylic acids is 3. The molecule has 0 aliphatic heterocycles. The van der Waals surface area contributed by atoms with Crippen LogP contribution in [0.25, 0.3) is 5.76 Å². The maximum absolute atomic E-state index is 13.3. The molecule has 4 rings (SSSR count). The molecule has 0 bridgehead atoms. The number of fused-ring (bicyclic) bond motifs is 3.